The van der Waals surface area contributed by atoms with Crippen LogP contribution in [0.5, 0.6) is 0 Å². The van der Waals surface area contributed by atoms with Crippen molar-refractivity contribution in [2.24, 2.45) is 0 Å². The fourth-order valence-electron chi connectivity index (χ4n) is 2.80. The molecule has 1 aromatic heterocycles. The van der Waals surface area contributed by atoms with Crippen molar-refractivity contribution in [3.8, 4) is 0 Å². The molecule has 0 bridgehead atoms. The predicted octanol–water partition coefficient (Wildman–Crippen LogP) is 0.445. The zero-order valence-electron chi connectivity index (χ0n) is 12.3. The van der Waals surface area contributed by atoms with Crippen molar-refractivity contribution < 1.29 is 9.90 Å². The van der Waals surface area contributed by atoms with E-state index in [4.69, 9.17) is 0 Å². The van der Waals surface area contributed by atoms with E-state index in [9.17, 15) is 9.90 Å². The van der Waals surface area contributed by atoms with Crippen LogP contribution in [0, 0.1) is 0 Å². The van der Waals surface area contributed by atoms with Crippen molar-refractivity contribution in [2.75, 3.05) is 13.2 Å². The van der Waals surface area contributed by atoms with Crippen molar-refractivity contribution in [1.82, 2.24) is 20.2 Å². The Morgan fingerprint density at radius 2 is 2.18 bits per heavy atom. The highest BCUT2D eigenvalue weighted by Crippen LogP contribution is 2.17. The maximum Gasteiger partial charge on any atom is 0.240 e. The van der Waals surface area contributed by atoms with Gasteiger partial charge in [-0.05, 0) is 17.5 Å². The molecular weight excluding hydrogens is 280 g/mol. The molecule has 1 atom stereocenters. The number of nitrogens with zero attached hydrogens (tertiary/aromatic N) is 2. The summed E-state index contributed by atoms with van der Waals surface area (Å²) in [4.78, 5) is 21.5. The lowest BCUT2D eigenvalue weighted by Gasteiger charge is -2.30. The molecule has 3 N–H and O–H groups in total. The van der Waals surface area contributed by atoms with Crippen LogP contribution in [0.25, 0.3) is 0 Å². The summed E-state index contributed by atoms with van der Waals surface area (Å²) in [6, 6.07) is 7.91. The van der Waals surface area contributed by atoms with Gasteiger partial charge >= 0.3 is 0 Å². The largest absolute Gasteiger partial charge is 0.395 e. The minimum atomic E-state index is -0.253. The fourth-order valence-corrected chi connectivity index (χ4v) is 2.80. The second-order valence-corrected chi connectivity index (χ2v) is 5.43. The number of rotatable bonds is 5. The first-order valence-electron chi connectivity index (χ1n) is 7.46. The molecule has 6 nitrogen and oxygen atoms in total. The van der Waals surface area contributed by atoms with Crippen LogP contribution in [0.4, 0.5) is 0 Å². The number of H-pyrrole nitrogens is 1. The van der Waals surface area contributed by atoms with Crippen LogP contribution in [0.15, 0.2) is 36.7 Å². The highest BCUT2D eigenvalue weighted by molar-refractivity contribution is 5.82. The first-order valence-corrected chi connectivity index (χ1v) is 7.46. The van der Waals surface area contributed by atoms with E-state index in [2.05, 4.69) is 27.4 Å². The number of hydrogen-bond donors (Lipinski definition) is 3. The van der Waals surface area contributed by atoms with Crippen LogP contribution >= 0.6 is 0 Å². The lowest BCUT2D eigenvalue weighted by molar-refractivity contribution is -0.135. The smallest absolute Gasteiger partial charge is 0.240 e. The van der Waals surface area contributed by atoms with E-state index in [1.54, 1.807) is 17.3 Å². The number of carbonyl (C=O) groups excluding carboxylic acids is 1. The third-order valence-electron chi connectivity index (χ3n) is 3.96. The van der Waals surface area contributed by atoms with Crippen molar-refractivity contribution >= 4 is 5.91 Å². The SMILES string of the molecule is O=C([C@H]1Cc2ccccc2CN1)N(CCO)Cc1ncc[nH]1. The van der Waals surface area contributed by atoms with Gasteiger partial charge in [0.1, 0.15) is 5.82 Å². The summed E-state index contributed by atoms with van der Waals surface area (Å²) in [7, 11) is 0. The molecule has 0 radical (unpaired) electrons. The van der Waals surface area contributed by atoms with E-state index in [1.165, 1.54) is 11.1 Å². The number of nitrogens with one attached hydrogen (secondary N) is 2. The number of aliphatic hydroxyl groups excluding tert-OH is 1. The molecule has 0 spiro atoms. The molecule has 0 unspecified atom stereocenters. The number of fused-ring (bicyclic) bond motifs is 1. The van der Waals surface area contributed by atoms with Crippen LogP contribution in [0.2, 0.25) is 0 Å². The van der Waals surface area contributed by atoms with E-state index in [0.29, 0.717) is 26.1 Å². The molecule has 1 aliphatic heterocycles. The van der Waals surface area contributed by atoms with Gasteiger partial charge in [0.05, 0.1) is 19.2 Å². The van der Waals surface area contributed by atoms with E-state index in [-0.39, 0.29) is 18.6 Å². The standard InChI is InChI=1S/C16H20N4O2/c21-8-7-20(11-15-17-5-6-18-15)16(22)14-9-12-3-1-2-4-13(12)10-19-14/h1-6,14,19,21H,7-11H2,(H,17,18)/t14-/m1/s1. The number of aromatic nitrogens is 2. The summed E-state index contributed by atoms with van der Waals surface area (Å²) in [5.41, 5.74) is 2.45. The van der Waals surface area contributed by atoms with Gasteiger partial charge in [-0.1, -0.05) is 24.3 Å². The number of hydrogen-bond acceptors (Lipinski definition) is 4. The van der Waals surface area contributed by atoms with Crippen molar-refractivity contribution in [3.63, 3.8) is 0 Å². The summed E-state index contributed by atoms with van der Waals surface area (Å²) < 4.78 is 0. The minimum absolute atomic E-state index is 0.0000435. The van der Waals surface area contributed by atoms with E-state index in [1.807, 2.05) is 12.1 Å². The quantitative estimate of drug-likeness (QED) is 0.749. The maximum absolute atomic E-state index is 12.7. The zero-order chi connectivity index (χ0) is 15.4. The van der Waals surface area contributed by atoms with Gasteiger partial charge in [-0.25, -0.2) is 4.98 Å². The summed E-state index contributed by atoms with van der Waals surface area (Å²) in [5, 5.41) is 12.5. The Bertz CT molecular complexity index is 627. The Labute approximate surface area is 129 Å². The highest BCUT2D eigenvalue weighted by Gasteiger charge is 2.28. The normalized spacial score (nSPS) is 17.0. The first kappa shape index (κ1) is 14.7. The Hall–Kier alpha value is -2.18. The van der Waals surface area contributed by atoms with Gasteiger partial charge in [-0.15, -0.1) is 0 Å². The highest BCUT2D eigenvalue weighted by atomic mass is 16.3. The molecule has 0 aliphatic carbocycles. The molecule has 6 heteroatoms. The Morgan fingerprint density at radius 1 is 1.36 bits per heavy atom. The van der Waals surface area contributed by atoms with Gasteiger partial charge in [0.15, 0.2) is 0 Å². The van der Waals surface area contributed by atoms with Gasteiger partial charge in [0, 0.05) is 25.5 Å². The second kappa shape index (κ2) is 6.72. The maximum atomic E-state index is 12.7. The Morgan fingerprint density at radius 3 is 2.91 bits per heavy atom. The average molecular weight is 300 g/mol. The molecule has 1 aromatic carbocycles. The van der Waals surface area contributed by atoms with Crippen molar-refractivity contribution in [3.05, 3.63) is 53.6 Å². The van der Waals surface area contributed by atoms with Crippen LogP contribution in [0.3, 0.4) is 0 Å². The van der Waals surface area contributed by atoms with Crippen molar-refractivity contribution in [2.45, 2.75) is 25.6 Å². The number of imidazole rings is 1. The van der Waals surface area contributed by atoms with Crippen molar-refractivity contribution in [1.29, 1.82) is 0 Å². The number of carbonyl (C=O) groups is 1. The summed E-state index contributed by atoms with van der Waals surface area (Å²) in [5.74, 6) is 0.720. The van der Waals surface area contributed by atoms with Crippen LogP contribution in [-0.4, -0.2) is 45.1 Å². The molecule has 0 saturated heterocycles. The number of amides is 1. The summed E-state index contributed by atoms with van der Waals surface area (Å²) in [6.45, 7) is 1.32. The Balaban J connectivity index is 1.71. The number of benzene rings is 1. The number of aliphatic hydroxyl groups is 1. The molecule has 3 rings (SSSR count). The molecule has 1 amide bonds. The Kier molecular flexibility index (Phi) is 4.50. The zero-order valence-corrected chi connectivity index (χ0v) is 12.3. The first-order chi connectivity index (χ1) is 10.8. The molecule has 22 heavy (non-hydrogen) atoms. The number of aromatic amines is 1. The third kappa shape index (κ3) is 3.18. The fraction of sp³-hybridized carbons (Fsp3) is 0.375. The van der Waals surface area contributed by atoms with E-state index < -0.39 is 0 Å². The topological polar surface area (TPSA) is 81.2 Å². The van der Waals surface area contributed by atoms with Gasteiger partial charge in [0.2, 0.25) is 5.91 Å². The third-order valence-corrected chi connectivity index (χ3v) is 3.96. The molecular formula is C16H20N4O2. The molecule has 1 aliphatic rings. The molecule has 0 saturated carbocycles. The molecule has 0 fully saturated rings. The van der Waals surface area contributed by atoms with Crippen LogP contribution in [0.1, 0.15) is 17.0 Å². The predicted molar refractivity (Wildman–Crippen MR) is 81.9 cm³/mol. The second-order valence-electron chi connectivity index (χ2n) is 5.43. The van der Waals surface area contributed by atoms with E-state index >= 15 is 0 Å². The van der Waals surface area contributed by atoms with Gasteiger partial charge in [0.25, 0.3) is 0 Å². The average Bonchev–Trinajstić information content (AvgIpc) is 3.06. The van der Waals surface area contributed by atoms with Gasteiger partial charge in [-0.3, -0.25) is 4.79 Å². The lowest BCUT2D eigenvalue weighted by Crippen LogP contribution is -2.50. The summed E-state index contributed by atoms with van der Waals surface area (Å²) >= 11 is 0. The van der Waals surface area contributed by atoms with Gasteiger partial charge < -0.3 is 20.3 Å². The summed E-state index contributed by atoms with van der Waals surface area (Å²) in [6.07, 6.45) is 4.06. The molecule has 2 heterocycles. The van der Waals surface area contributed by atoms with E-state index in [0.717, 1.165) is 5.82 Å². The van der Waals surface area contributed by atoms with Crippen LogP contribution < -0.4 is 5.32 Å². The minimum Gasteiger partial charge on any atom is -0.395 e. The molecule has 116 valence electrons. The monoisotopic (exact) mass is 300 g/mol. The van der Waals surface area contributed by atoms with Crippen LogP contribution in [-0.2, 0) is 24.3 Å². The van der Waals surface area contributed by atoms with Gasteiger partial charge in [-0.2, -0.15) is 0 Å². The lowest BCUT2D eigenvalue weighted by atomic mass is 9.95. The molecule has 2 aromatic rings.